The summed E-state index contributed by atoms with van der Waals surface area (Å²) in [6.07, 6.45) is 9.19. The number of hydrogen-bond acceptors (Lipinski definition) is 5. The van der Waals surface area contributed by atoms with Crippen LogP contribution in [0.15, 0.2) is 28.6 Å². The van der Waals surface area contributed by atoms with Crippen molar-refractivity contribution in [2.45, 2.75) is 38.5 Å². The first-order valence-electron chi connectivity index (χ1n) is 7.92. The summed E-state index contributed by atoms with van der Waals surface area (Å²) in [5.41, 5.74) is 5.56. The molecule has 0 heterocycles. The SMILES string of the molecule is CN(C)/C=C1/CCCCC/C(=C\N(C)C)C1=NNC(=O)CC#N. The number of carbonyl (C=O) groups is 1. The lowest BCUT2D eigenvalue weighted by Gasteiger charge is -2.21. The number of amides is 1. The van der Waals surface area contributed by atoms with E-state index in [0.717, 1.165) is 42.5 Å². The van der Waals surface area contributed by atoms with Crippen LogP contribution < -0.4 is 5.43 Å². The molecule has 6 heteroatoms. The molecule has 0 spiro atoms. The Morgan fingerprint density at radius 2 is 1.65 bits per heavy atom. The molecule has 1 rings (SSSR count). The van der Waals surface area contributed by atoms with Gasteiger partial charge in [-0.05, 0) is 36.8 Å². The molecule has 1 aliphatic rings. The van der Waals surface area contributed by atoms with Crippen LogP contribution in [-0.2, 0) is 4.79 Å². The molecule has 1 saturated carbocycles. The van der Waals surface area contributed by atoms with Gasteiger partial charge < -0.3 is 9.80 Å². The van der Waals surface area contributed by atoms with Gasteiger partial charge in [0.15, 0.2) is 0 Å². The molecule has 6 nitrogen and oxygen atoms in total. The average molecular weight is 317 g/mol. The number of nitriles is 1. The van der Waals surface area contributed by atoms with Crippen molar-refractivity contribution in [3.05, 3.63) is 23.5 Å². The molecule has 0 aromatic rings. The third kappa shape index (κ3) is 7.00. The minimum atomic E-state index is -0.379. The Balaban J connectivity index is 3.21. The molecule has 1 aliphatic carbocycles. The highest BCUT2D eigenvalue weighted by atomic mass is 16.2. The highest BCUT2D eigenvalue weighted by Gasteiger charge is 2.17. The van der Waals surface area contributed by atoms with Crippen LogP contribution in [-0.4, -0.2) is 49.6 Å². The van der Waals surface area contributed by atoms with Crippen LogP contribution in [0.3, 0.4) is 0 Å². The lowest BCUT2D eigenvalue weighted by atomic mass is 9.91. The fourth-order valence-corrected chi connectivity index (χ4v) is 2.50. The Kier molecular flexibility index (Phi) is 7.89. The summed E-state index contributed by atoms with van der Waals surface area (Å²) in [7, 11) is 7.92. The highest BCUT2D eigenvalue weighted by molar-refractivity contribution is 6.12. The second-order valence-corrected chi connectivity index (χ2v) is 6.13. The van der Waals surface area contributed by atoms with Gasteiger partial charge in [-0.2, -0.15) is 10.4 Å². The third-order valence-corrected chi connectivity index (χ3v) is 3.36. The van der Waals surface area contributed by atoms with Gasteiger partial charge >= 0.3 is 0 Å². The summed E-state index contributed by atoms with van der Waals surface area (Å²) in [6.45, 7) is 0. The van der Waals surface area contributed by atoms with Crippen LogP contribution >= 0.6 is 0 Å². The van der Waals surface area contributed by atoms with E-state index in [9.17, 15) is 4.79 Å². The fourth-order valence-electron chi connectivity index (χ4n) is 2.50. The van der Waals surface area contributed by atoms with Crippen molar-refractivity contribution in [2.75, 3.05) is 28.2 Å². The maximum Gasteiger partial charge on any atom is 0.254 e. The molecule has 1 amide bonds. The molecule has 0 atom stereocenters. The van der Waals surface area contributed by atoms with Crippen molar-refractivity contribution < 1.29 is 4.79 Å². The molecule has 0 bridgehead atoms. The van der Waals surface area contributed by atoms with E-state index in [1.54, 1.807) is 0 Å². The van der Waals surface area contributed by atoms with E-state index < -0.39 is 0 Å². The third-order valence-electron chi connectivity index (χ3n) is 3.36. The maximum absolute atomic E-state index is 11.6. The van der Waals surface area contributed by atoms with Crippen LogP contribution in [0.1, 0.15) is 38.5 Å². The van der Waals surface area contributed by atoms with Gasteiger partial charge in [-0.25, -0.2) is 5.43 Å². The first-order valence-corrected chi connectivity index (χ1v) is 7.92. The van der Waals surface area contributed by atoms with E-state index in [0.29, 0.717) is 0 Å². The molecule has 0 aromatic carbocycles. The van der Waals surface area contributed by atoms with Gasteiger partial charge in [-0.3, -0.25) is 4.79 Å². The molecule has 0 unspecified atom stereocenters. The molecule has 126 valence electrons. The quantitative estimate of drug-likeness (QED) is 0.807. The molecule has 1 N–H and O–H groups in total. The van der Waals surface area contributed by atoms with Crippen molar-refractivity contribution in [1.82, 2.24) is 15.2 Å². The van der Waals surface area contributed by atoms with Gasteiger partial charge in [0.25, 0.3) is 5.91 Å². The average Bonchev–Trinajstić information content (AvgIpc) is 2.43. The normalized spacial score (nSPS) is 20.7. The number of nitrogens with one attached hydrogen (secondary N) is 1. The summed E-state index contributed by atoms with van der Waals surface area (Å²) in [4.78, 5) is 15.6. The smallest absolute Gasteiger partial charge is 0.254 e. The van der Waals surface area contributed by atoms with Crippen LogP contribution in [0.2, 0.25) is 0 Å². The summed E-state index contributed by atoms with van der Waals surface area (Å²) in [5, 5.41) is 13.0. The van der Waals surface area contributed by atoms with Crippen molar-refractivity contribution in [2.24, 2.45) is 5.10 Å². The van der Waals surface area contributed by atoms with Crippen molar-refractivity contribution in [3.63, 3.8) is 0 Å². The Labute approximate surface area is 139 Å². The zero-order valence-corrected chi connectivity index (χ0v) is 14.6. The lowest BCUT2D eigenvalue weighted by Crippen LogP contribution is -2.23. The largest absolute Gasteiger partial charge is 0.383 e. The first kappa shape index (κ1) is 18.8. The lowest BCUT2D eigenvalue weighted by molar-refractivity contribution is -0.120. The maximum atomic E-state index is 11.6. The van der Waals surface area contributed by atoms with Crippen molar-refractivity contribution in [3.8, 4) is 6.07 Å². The Hall–Kier alpha value is -2.29. The Bertz CT molecular complexity index is 508. The van der Waals surface area contributed by atoms with Crippen LogP contribution in [0, 0.1) is 11.3 Å². The summed E-state index contributed by atoms with van der Waals surface area (Å²) >= 11 is 0. The molecular weight excluding hydrogens is 290 g/mol. The number of allylic oxidation sites excluding steroid dienone is 2. The van der Waals surface area contributed by atoms with Gasteiger partial charge in [-0.1, -0.05) is 6.42 Å². The molecule has 0 radical (unpaired) electrons. The van der Waals surface area contributed by atoms with Gasteiger partial charge in [0.2, 0.25) is 0 Å². The van der Waals surface area contributed by atoms with Gasteiger partial charge in [-0.15, -0.1) is 0 Å². The van der Waals surface area contributed by atoms with Crippen LogP contribution in [0.5, 0.6) is 0 Å². The number of nitrogens with zero attached hydrogens (tertiary/aromatic N) is 4. The topological polar surface area (TPSA) is 71.7 Å². The van der Waals surface area contributed by atoms with Gasteiger partial charge in [0.05, 0.1) is 11.8 Å². The number of hydrogen-bond donors (Lipinski definition) is 1. The molecule has 0 aliphatic heterocycles. The molecule has 0 aromatic heterocycles. The molecule has 0 saturated heterocycles. The summed E-state index contributed by atoms with van der Waals surface area (Å²) < 4.78 is 0. The number of hydrazone groups is 1. The van der Waals surface area contributed by atoms with Crippen molar-refractivity contribution in [1.29, 1.82) is 5.26 Å². The number of carbonyl (C=O) groups excluding carboxylic acids is 1. The van der Waals surface area contributed by atoms with E-state index in [2.05, 4.69) is 22.9 Å². The van der Waals surface area contributed by atoms with E-state index in [4.69, 9.17) is 5.26 Å². The molecular formula is C17H27N5O. The molecule has 23 heavy (non-hydrogen) atoms. The Morgan fingerprint density at radius 1 is 1.13 bits per heavy atom. The predicted octanol–water partition coefficient (Wildman–Crippen LogP) is 2.23. The standard InChI is InChI=1S/C17H27N5O/c1-21(2)12-14-8-6-5-7-9-15(13-22(3)4)17(14)20-19-16(23)10-11-18/h12-13H,5-10H2,1-4H3,(H,19,23)/b14-12-,15-13+,20-17?. The van der Waals surface area contributed by atoms with E-state index in [1.807, 2.05) is 44.1 Å². The zero-order valence-electron chi connectivity index (χ0n) is 14.6. The Morgan fingerprint density at radius 3 is 2.09 bits per heavy atom. The summed E-state index contributed by atoms with van der Waals surface area (Å²) in [6, 6.07) is 1.84. The first-order chi connectivity index (χ1) is 10.9. The van der Waals surface area contributed by atoms with Gasteiger partial charge in [0, 0.05) is 40.6 Å². The minimum absolute atomic E-state index is 0.184. The fraction of sp³-hybridized carbons (Fsp3) is 0.588. The monoisotopic (exact) mass is 317 g/mol. The van der Waals surface area contributed by atoms with Crippen LogP contribution in [0.25, 0.3) is 0 Å². The van der Waals surface area contributed by atoms with Crippen molar-refractivity contribution >= 4 is 11.6 Å². The van der Waals surface area contributed by atoms with E-state index in [1.165, 1.54) is 6.42 Å². The molecule has 1 fully saturated rings. The highest BCUT2D eigenvalue weighted by Crippen LogP contribution is 2.24. The minimum Gasteiger partial charge on any atom is -0.383 e. The zero-order chi connectivity index (χ0) is 17.2. The second kappa shape index (κ2) is 9.67. The number of rotatable bonds is 4. The summed E-state index contributed by atoms with van der Waals surface area (Å²) in [5.74, 6) is -0.379. The van der Waals surface area contributed by atoms with Crippen LogP contribution in [0.4, 0.5) is 0 Å². The second-order valence-electron chi connectivity index (χ2n) is 6.13. The van der Waals surface area contributed by atoms with Gasteiger partial charge in [0.1, 0.15) is 6.42 Å². The van der Waals surface area contributed by atoms with E-state index in [-0.39, 0.29) is 12.3 Å². The predicted molar refractivity (Wildman–Crippen MR) is 92.4 cm³/mol. The van der Waals surface area contributed by atoms with E-state index >= 15 is 0 Å².